The molecule has 15 heavy (non-hydrogen) atoms. The summed E-state index contributed by atoms with van der Waals surface area (Å²) in [5, 5.41) is 0. The number of unbranched alkanes of at least 4 members (excludes halogenated alkanes) is 1. The van der Waals surface area contributed by atoms with Crippen molar-refractivity contribution in [1.82, 2.24) is 4.57 Å². The SMILES string of the molecule is CCCCOCCn1ccc(CCN)c1. The zero-order valence-corrected chi connectivity index (χ0v) is 9.61. The minimum Gasteiger partial charge on any atom is -0.380 e. The summed E-state index contributed by atoms with van der Waals surface area (Å²) in [6.07, 6.45) is 7.56. The predicted octanol–water partition coefficient (Wildman–Crippen LogP) is 1.81. The van der Waals surface area contributed by atoms with E-state index in [0.29, 0.717) is 0 Å². The standard InChI is InChI=1S/C12H22N2O/c1-2-3-9-15-10-8-14-7-5-12(11-14)4-6-13/h5,7,11H,2-4,6,8-10,13H2,1H3. The molecule has 0 aliphatic carbocycles. The number of nitrogens with two attached hydrogens (primary N) is 1. The van der Waals surface area contributed by atoms with Crippen molar-refractivity contribution in [1.29, 1.82) is 0 Å². The molecule has 3 nitrogen and oxygen atoms in total. The maximum absolute atomic E-state index is 5.50. The first-order valence-electron chi connectivity index (χ1n) is 5.79. The normalized spacial score (nSPS) is 10.8. The second kappa shape index (κ2) is 7.49. The Morgan fingerprint density at radius 1 is 1.40 bits per heavy atom. The summed E-state index contributed by atoms with van der Waals surface area (Å²) in [4.78, 5) is 0. The second-order valence-electron chi connectivity index (χ2n) is 3.76. The lowest BCUT2D eigenvalue weighted by Crippen LogP contribution is -2.05. The van der Waals surface area contributed by atoms with Gasteiger partial charge in [0.05, 0.1) is 6.61 Å². The van der Waals surface area contributed by atoms with Gasteiger partial charge in [-0.05, 0) is 31.0 Å². The van der Waals surface area contributed by atoms with Gasteiger partial charge in [0.2, 0.25) is 0 Å². The Bertz CT molecular complexity index is 258. The van der Waals surface area contributed by atoms with Crippen molar-refractivity contribution in [2.45, 2.75) is 32.7 Å². The molecule has 0 aliphatic heterocycles. The first-order valence-corrected chi connectivity index (χ1v) is 5.79. The molecule has 3 heteroatoms. The van der Waals surface area contributed by atoms with Crippen LogP contribution in [0.2, 0.25) is 0 Å². The molecule has 1 heterocycles. The van der Waals surface area contributed by atoms with Crippen molar-refractivity contribution in [3.8, 4) is 0 Å². The van der Waals surface area contributed by atoms with Crippen LogP contribution in [-0.4, -0.2) is 24.3 Å². The molecular formula is C12H22N2O. The molecule has 1 aromatic heterocycles. The van der Waals surface area contributed by atoms with E-state index in [1.165, 1.54) is 12.0 Å². The average Bonchev–Trinajstić information content (AvgIpc) is 2.66. The van der Waals surface area contributed by atoms with Gasteiger partial charge in [0.25, 0.3) is 0 Å². The van der Waals surface area contributed by atoms with Crippen LogP contribution in [0, 0.1) is 0 Å². The molecule has 2 N–H and O–H groups in total. The van der Waals surface area contributed by atoms with Crippen LogP contribution in [-0.2, 0) is 17.7 Å². The van der Waals surface area contributed by atoms with Gasteiger partial charge in [0.15, 0.2) is 0 Å². The van der Waals surface area contributed by atoms with E-state index in [0.717, 1.165) is 39.1 Å². The highest BCUT2D eigenvalue weighted by Crippen LogP contribution is 2.01. The Morgan fingerprint density at radius 2 is 2.27 bits per heavy atom. The third-order valence-electron chi connectivity index (χ3n) is 2.38. The van der Waals surface area contributed by atoms with E-state index in [2.05, 4.69) is 30.0 Å². The van der Waals surface area contributed by atoms with Crippen LogP contribution in [0.1, 0.15) is 25.3 Å². The number of hydrogen-bond donors (Lipinski definition) is 1. The van der Waals surface area contributed by atoms with Gasteiger partial charge in [-0.2, -0.15) is 0 Å². The number of nitrogens with zero attached hydrogens (tertiary/aromatic N) is 1. The highest BCUT2D eigenvalue weighted by atomic mass is 16.5. The van der Waals surface area contributed by atoms with Gasteiger partial charge < -0.3 is 15.0 Å². The molecule has 1 rings (SSSR count). The summed E-state index contributed by atoms with van der Waals surface area (Å²) < 4.78 is 7.67. The number of aromatic nitrogens is 1. The van der Waals surface area contributed by atoms with Crippen LogP contribution < -0.4 is 5.73 Å². The van der Waals surface area contributed by atoms with Gasteiger partial charge in [0.1, 0.15) is 0 Å². The number of rotatable bonds is 8. The van der Waals surface area contributed by atoms with Gasteiger partial charge in [-0.1, -0.05) is 13.3 Å². The molecule has 0 fully saturated rings. The van der Waals surface area contributed by atoms with E-state index in [1.54, 1.807) is 0 Å². The van der Waals surface area contributed by atoms with E-state index in [1.807, 2.05) is 0 Å². The quantitative estimate of drug-likeness (QED) is 0.665. The van der Waals surface area contributed by atoms with Crippen LogP contribution in [0.3, 0.4) is 0 Å². The molecule has 0 radical (unpaired) electrons. The molecule has 0 bridgehead atoms. The summed E-state index contributed by atoms with van der Waals surface area (Å²) >= 11 is 0. The summed E-state index contributed by atoms with van der Waals surface area (Å²) in [7, 11) is 0. The van der Waals surface area contributed by atoms with Gasteiger partial charge in [0, 0.05) is 25.5 Å². The summed E-state index contributed by atoms with van der Waals surface area (Å²) in [5.74, 6) is 0. The van der Waals surface area contributed by atoms with Crippen molar-refractivity contribution in [3.05, 3.63) is 24.0 Å². The zero-order chi connectivity index (χ0) is 10.9. The predicted molar refractivity (Wildman–Crippen MR) is 62.9 cm³/mol. The van der Waals surface area contributed by atoms with Gasteiger partial charge in [-0.15, -0.1) is 0 Å². The Hall–Kier alpha value is -0.800. The minimum absolute atomic E-state index is 0.719. The van der Waals surface area contributed by atoms with Crippen molar-refractivity contribution in [2.75, 3.05) is 19.8 Å². The monoisotopic (exact) mass is 210 g/mol. The van der Waals surface area contributed by atoms with Crippen molar-refractivity contribution < 1.29 is 4.74 Å². The number of hydrogen-bond acceptors (Lipinski definition) is 2. The van der Waals surface area contributed by atoms with Crippen LogP contribution in [0.25, 0.3) is 0 Å². The lowest BCUT2D eigenvalue weighted by Gasteiger charge is -2.04. The molecule has 0 unspecified atom stereocenters. The van der Waals surface area contributed by atoms with Gasteiger partial charge >= 0.3 is 0 Å². The van der Waals surface area contributed by atoms with E-state index in [-0.39, 0.29) is 0 Å². The van der Waals surface area contributed by atoms with Crippen LogP contribution in [0.5, 0.6) is 0 Å². The van der Waals surface area contributed by atoms with E-state index < -0.39 is 0 Å². The Balaban J connectivity index is 2.14. The smallest absolute Gasteiger partial charge is 0.0645 e. The Kier molecular flexibility index (Phi) is 6.12. The first-order chi connectivity index (χ1) is 7.36. The molecule has 0 aliphatic rings. The summed E-state index contributed by atoms with van der Waals surface area (Å²) in [5.41, 5.74) is 6.80. The number of ether oxygens (including phenoxy) is 1. The molecule has 86 valence electrons. The van der Waals surface area contributed by atoms with Crippen molar-refractivity contribution in [2.24, 2.45) is 5.73 Å². The minimum atomic E-state index is 0.719. The fourth-order valence-corrected chi connectivity index (χ4v) is 1.46. The summed E-state index contributed by atoms with van der Waals surface area (Å²) in [6, 6.07) is 2.12. The van der Waals surface area contributed by atoms with E-state index in [4.69, 9.17) is 10.5 Å². The van der Waals surface area contributed by atoms with Crippen LogP contribution >= 0.6 is 0 Å². The Labute approximate surface area is 92.2 Å². The molecule has 0 amide bonds. The topological polar surface area (TPSA) is 40.2 Å². The molecule has 0 atom stereocenters. The molecule has 0 saturated carbocycles. The lowest BCUT2D eigenvalue weighted by molar-refractivity contribution is 0.123. The Morgan fingerprint density at radius 3 is 3.00 bits per heavy atom. The van der Waals surface area contributed by atoms with Crippen molar-refractivity contribution in [3.63, 3.8) is 0 Å². The molecular weight excluding hydrogens is 188 g/mol. The first kappa shape index (κ1) is 12.3. The molecule has 1 aromatic rings. The second-order valence-corrected chi connectivity index (χ2v) is 3.76. The maximum atomic E-state index is 5.50. The van der Waals surface area contributed by atoms with E-state index in [9.17, 15) is 0 Å². The molecule has 0 saturated heterocycles. The zero-order valence-electron chi connectivity index (χ0n) is 9.61. The fraction of sp³-hybridized carbons (Fsp3) is 0.667. The molecule has 0 spiro atoms. The lowest BCUT2D eigenvalue weighted by atomic mass is 10.2. The molecule has 0 aromatic carbocycles. The van der Waals surface area contributed by atoms with E-state index >= 15 is 0 Å². The third-order valence-corrected chi connectivity index (χ3v) is 2.38. The maximum Gasteiger partial charge on any atom is 0.0645 e. The average molecular weight is 210 g/mol. The van der Waals surface area contributed by atoms with Crippen molar-refractivity contribution >= 4 is 0 Å². The van der Waals surface area contributed by atoms with Crippen LogP contribution in [0.4, 0.5) is 0 Å². The highest BCUT2D eigenvalue weighted by molar-refractivity contribution is 5.10. The third kappa shape index (κ3) is 5.00. The van der Waals surface area contributed by atoms with Gasteiger partial charge in [-0.25, -0.2) is 0 Å². The fourth-order valence-electron chi connectivity index (χ4n) is 1.46. The largest absolute Gasteiger partial charge is 0.380 e. The van der Waals surface area contributed by atoms with Gasteiger partial charge in [-0.3, -0.25) is 0 Å². The highest BCUT2D eigenvalue weighted by Gasteiger charge is 1.95. The van der Waals surface area contributed by atoms with Crippen LogP contribution in [0.15, 0.2) is 18.5 Å². The summed E-state index contributed by atoms with van der Waals surface area (Å²) in [6.45, 7) is 5.52.